The number of nitrogens with zero attached hydrogens (tertiary/aromatic N) is 4. The molecule has 3 aromatic rings. The summed E-state index contributed by atoms with van der Waals surface area (Å²) in [7, 11) is 0. The van der Waals surface area contributed by atoms with Gasteiger partial charge in [-0.1, -0.05) is 0 Å². The second-order valence-corrected chi connectivity index (χ2v) is 6.13. The van der Waals surface area contributed by atoms with Crippen LogP contribution in [0.15, 0.2) is 29.2 Å². The summed E-state index contributed by atoms with van der Waals surface area (Å²) in [6.45, 7) is 2.94. The van der Waals surface area contributed by atoms with Crippen molar-refractivity contribution in [3.05, 3.63) is 40.4 Å². The normalized spacial score (nSPS) is 17.2. The van der Waals surface area contributed by atoms with E-state index in [9.17, 15) is 4.79 Å². The SMILES string of the molecule is Cc1nc(N)nc2c1cc(-c1ccc(N)nc1)c(=O)n2[C@@H]1CCOC1. The summed E-state index contributed by atoms with van der Waals surface area (Å²) in [4.78, 5) is 25.9. The molecule has 0 amide bonds. The zero-order valence-corrected chi connectivity index (χ0v) is 13.8. The van der Waals surface area contributed by atoms with Gasteiger partial charge >= 0.3 is 0 Å². The van der Waals surface area contributed by atoms with Crippen LogP contribution in [0.4, 0.5) is 11.8 Å². The van der Waals surface area contributed by atoms with E-state index >= 15 is 0 Å². The minimum Gasteiger partial charge on any atom is -0.384 e. The Morgan fingerprint density at radius 2 is 2.12 bits per heavy atom. The Hall–Kier alpha value is -3.00. The molecule has 1 fully saturated rings. The highest BCUT2D eigenvalue weighted by molar-refractivity contribution is 5.84. The first-order valence-electron chi connectivity index (χ1n) is 8.03. The van der Waals surface area contributed by atoms with Crippen molar-refractivity contribution < 1.29 is 4.74 Å². The predicted octanol–water partition coefficient (Wildman–Crippen LogP) is 1.29. The van der Waals surface area contributed by atoms with Crippen molar-refractivity contribution >= 4 is 22.8 Å². The Kier molecular flexibility index (Phi) is 3.61. The molecule has 25 heavy (non-hydrogen) atoms. The highest BCUT2D eigenvalue weighted by atomic mass is 16.5. The second kappa shape index (κ2) is 5.82. The average molecular weight is 338 g/mol. The molecular formula is C17H18N6O2. The largest absolute Gasteiger partial charge is 0.384 e. The van der Waals surface area contributed by atoms with Gasteiger partial charge in [0, 0.05) is 29.3 Å². The van der Waals surface area contributed by atoms with Crippen LogP contribution in [0.2, 0.25) is 0 Å². The van der Waals surface area contributed by atoms with Crippen molar-refractivity contribution in [2.75, 3.05) is 24.7 Å². The van der Waals surface area contributed by atoms with Gasteiger partial charge in [0.15, 0.2) is 0 Å². The zero-order chi connectivity index (χ0) is 17.6. The van der Waals surface area contributed by atoms with Crippen LogP contribution in [0.3, 0.4) is 0 Å². The number of hydrogen-bond donors (Lipinski definition) is 2. The van der Waals surface area contributed by atoms with Gasteiger partial charge < -0.3 is 16.2 Å². The highest BCUT2D eigenvalue weighted by Gasteiger charge is 2.24. The number of hydrogen-bond acceptors (Lipinski definition) is 7. The lowest BCUT2D eigenvalue weighted by Gasteiger charge is -2.18. The van der Waals surface area contributed by atoms with E-state index in [1.807, 2.05) is 6.92 Å². The standard InChI is InChI=1S/C17H18N6O2/c1-9-12-6-13(10-2-3-14(18)20-7-10)16(24)23(11-4-5-25-8-11)15(12)22-17(19)21-9/h2-3,6-7,11H,4-5,8H2,1H3,(H2,18,20)(H2,19,21,22)/t11-/m1/s1. The van der Waals surface area contributed by atoms with Gasteiger partial charge in [0.1, 0.15) is 11.5 Å². The lowest BCUT2D eigenvalue weighted by atomic mass is 10.1. The molecule has 0 unspecified atom stereocenters. The van der Waals surface area contributed by atoms with Crippen LogP contribution in [0.25, 0.3) is 22.2 Å². The number of nitrogens with two attached hydrogens (primary N) is 2. The minimum absolute atomic E-state index is 0.0783. The monoisotopic (exact) mass is 338 g/mol. The predicted molar refractivity (Wildman–Crippen MR) is 95.1 cm³/mol. The van der Waals surface area contributed by atoms with Crippen LogP contribution >= 0.6 is 0 Å². The molecule has 0 bridgehead atoms. The second-order valence-electron chi connectivity index (χ2n) is 6.13. The lowest BCUT2D eigenvalue weighted by Crippen LogP contribution is -2.28. The third kappa shape index (κ3) is 2.60. The van der Waals surface area contributed by atoms with Crippen LogP contribution in [0.5, 0.6) is 0 Å². The van der Waals surface area contributed by atoms with E-state index in [4.69, 9.17) is 16.2 Å². The number of aromatic nitrogens is 4. The van der Waals surface area contributed by atoms with Crippen molar-refractivity contribution in [3.8, 4) is 11.1 Å². The number of anilines is 2. The Morgan fingerprint density at radius 1 is 1.28 bits per heavy atom. The number of fused-ring (bicyclic) bond motifs is 1. The maximum Gasteiger partial charge on any atom is 0.260 e. The van der Waals surface area contributed by atoms with Crippen LogP contribution in [-0.2, 0) is 4.74 Å². The quantitative estimate of drug-likeness (QED) is 0.722. The highest BCUT2D eigenvalue weighted by Crippen LogP contribution is 2.27. The number of aryl methyl sites for hydroxylation is 1. The molecule has 8 nitrogen and oxygen atoms in total. The Balaban J connectivity index is 2.06. The molecule has 1 saturated heterocycles. The summed E-state index contributed by atoms with van der Waals surface area (Å²) in [5.41, 5.74) is 13.8. The van der Waals surface area contributed by atoms with Crippen molar-refractivity contribution in [1.82, 2.24) is 19.5 Å². The Morgan fingerprint density at radius 3 is 2.80 bits per heavy atom. The lowest BCUT2D eigenvalue weighted by molar-refractivity contribution is 0.186. The molecule has 1 aliphatic rings. The average Bonchev–Trinajstić information content (AvgIpc) is 3.09. The van der Waals surface area contributed by atoms with Crippen LogP contribution in [-0.4, -0.2) is 32.7 Å². The fraction of sp³-hybridized carbons (Fsp3) is 0.294. The van der Waals surface area contributed by atoms with Gasteiger partial charge in [-0.3, -0.25) is 9.36 Å². The molecule has 0 aliphatic carbocycles. The van der Waals surface area contributed by atoms with Gasteiger partial charge in [0.05, 0.1) is 18.3 Å². The molecule has 4 N–H and O–H groups in total. The van der Waals surface area contributed by atoms with Crippen molar-refractivity contribution in [2.45, 2.75) is 19.4 Å². The Bertz CT molecular complexity index is 1010. The summed E-state index contributed by atoms with van der Waals surface area (Å²) in [6.07, 6.45) is 2.35. The molecule has 0 spiro atoms. The van der Waals surface area contributed by atoms with Crippen molar-refractivity contribution in [1.29, 1.82) is 0 Å². The molecule has 4 heterocycles. The first-order chi connectivity index (χ1) is 12.0. The number of ether oxygens (including phenoxy) is 1. The summed E-state index contributed by atoms with van der Waals surface area (Å²) in [6, 6.07) is 5.18. The zero-order valence-electron chi connectivity index (χ0n) is 13.8. The van der Waals surface area contributed by atoms with E-state index in [1.54, 1.807) is 29.0 Å². The smallest absolute Gasteiger partial charge is 0.260 e. The van der Waals surface area contributed by atoms with E-state index in [1.165, 1.54) is 0 Å². The summed E-state index contributed by atoms with van der Waals surface area (Å²) in [5, 5.41) is 0.785. The number of nitrogen functional groups attached to an aromatic ring is 2. The van der Waals surface area contributed by atoms with Crippen LogP contribution in [0, 0.1) is 6.92 Å². The van der Waals surface area contributed by atoms with Gasteiger partial charge in [-0.25, -0.2) is 9.97 Å². The minimum atomic E-state index is -0.146. The molecule has 0 aromatic carbocycles. The van der Waals surface area contributed by atoms with E-state index in [0.717, 1.165) is 17.5 Å². The third-order valence-electron chi connectivity index (χ3n) is 4.47. The van der Waals surface area contributed by atoms with Gasteiger partial charge in [-0.15, -0.1) is 0 Å². The first-order valence-corrected chi connectivity index (χ1v) is 8.03. The fourth-order valence-electron chi connectivity index (χ4n) is 3.21. The molecule has 1 aliphatic heterocycles. The molecule has 0 saturated carbocycles. The summed E-state index contributed by atoms with van der Waals surface area (Å²) >= 11 is 0. The molecule has 128 valence electrons. The third-order valence-corrected chi connectivity index (χ3v) is 4.47. The van der Waals surface area contributed by atoms with E-state index in [-0.39, 0.29) is 17.5 Å². The topological polar surface area (TPSA) is 122 Å². The van der Waals surface area contributed by atoms with Gasteiger partial charge in [0.2, 0.25) is 5.95 Å². The summed E-state index contributed by atoms with van der Waals surface area (Å²) < 4.78 is 7.15. The first kappa shape index (κ1) is 15.5. The molecule has 3 aromatic heterocycles. The van der Waals surface area contributed by atoms with Crippen molar-refractivity contribution in [2.24, 2.45) is 0 Å². The maximum absolute atomic E-state index is 13.2. The molecule has 4 rings (SSSR count). The maximum atomic E-state index is 13.2. The van der Waals surface area contributed by atoms with Crippen LogP contribution in [0.1, 0.15) is 18.2 Å². The fourth-order valence-corrected chi connectivity index (χ4v) is 3.21. The molecular weight excluding hydrogens is 320 g/mol. The van der Waals surface area contributed by atoms with Gasteiger partial charge in [0.25, 0.3) is 5.56 Å². The molecule has 8 heteroatoms. The number of rotatable bonds is 2. The Labute approximate surface area is 143 Å². The van der Waals surface area contributed by atoms with E-state index < -0.39 is 0 Å². The van der Waals surface area contributed by atoms with Gasteiger partial charge in [-0.05, 0) is 31.5 Å². The number of pyridine rings is 2. The van der Waals surface area contributed by atoms with Gasteiger partial charge in [-0.2, -0.15) is 4.98 Å². The molecule has 1 atom stereocenters. The van der Waals surface area contributed by atoms with Crippen LogP contribution < -0.4 is 17.0 Å². The molecule has 0 radical (unpaired) electrons. The van der Waals surface area contributed by atoms with Crippen molar-refractivity contribution in [3.63, 3.8) is 0 Å². The van der Waals surface area contributed by atoms with E-state index in [0.29, 0.717) is 35.8 Å². The summed E-state index contributed by atoms with van der Waals surface area (Å²) in [5.74, 6) is 0.556. The van der Waals surface area contributed by atoms with E-state index in [2.05, 4.69) is 15.0 Å².